The molecule has 1 unspecified atom stereocenters. The molecule has 3 heteroatoms. The number of hydrogen-bond donors (Lipinski definition) is 0. The lowest BCUT2D eigenvalue weighted by Gasteiger charge is -2.11. The van der Waals surface area contributed by atoms with Gasteiger partial charge in [-0.2, -0.15) is 0 Å². The summed E-state index contributed by atoms with van der Waals surface area (Å²) in [5, 5.41) is -0.0241. The predicted octanol–water partition coefficient (Wildman–Crippen LogP) is 5.36. The molecule has 0 aliphatic heterocycles. The molecular weight excluding hydrogens is 268 g/mol. The van der Waals surface area contributed by atoms with Crippen LogP contribution in [0.1, 0.15) is 27.6 Å². The van der Waals surface area contributed by atoms with Crippen LogP contribution in [0.5, 0.6) is 0 Å². The molecule has 17 heavy (non-hydrogen) atoms. The molecule has 1 aromatic heterocycles. The molecule has 0 aliphatic carbocycles. The summed E-state index contributed by atoms with van der Waals surface area (Å²) in [6.45, 7) is 2.18. The molecule has 0 amide bonds. The molecule has 0 radical (unpaired) electrons. The summed E-state index contributed by atoms with van der Waals surface area (Å²) in [6, 6.07) is 12.7. The van der Waals surface area contributed by atoms with Crippen LogP contribution < -0.4 is 0 Å². The van der Waals surface area contributed by atoms with Crippen LogP contribution in [0.3, 0.4) is 0 Å². The van der Waals surface area contributed by atoms with E-state index in [1.807, 2.05) is 11.3 Å². The van der Waals surface area contributed by atoms with E-state index in [1.54, 1.807) is 11.8 Å². The van der Waals surface area contributed by atoms with E-state index in [4.69, 9.17) is 11.6 Å². The summed E-state index contributed by atoms with van der Waals surface area (Å²) in [6.07, 6.45) is 3.17. The van der Waals surface area contributed by atoms with Crippen LogP contribution in [0.4, 0.5) is 0 Å². The Bertz CT molecular complexity index is 490. The summed E-state index contributed by atoms with van der Waals surface area (Å²) >= 11 is 10.1. The van der Waals surface area contributed by atoms with Crippen molar-refractivity contribution in [2.24, 2.45) is 0 Å². The molecule has 2 rings (SSSR count). The third kappa shape index (κ3) is 2.87. The second-order valence-corrected chi connectivity index (χ2v) is 6.25. The fourth-order valence-electron chi connectivity index (χ4n) is 1.75. The highest BCUT2D eigenvalue weighted by Crippen LogP contribution is 2.37. The fraction of sp³-hybridized carbons (Fsp3) is 0.286. The number of thiophene rings is 1. The van der Waals surface area contributed by atoms with Crippen LogP contribution in [0, 0.1) is 0 Å². The SMILES string of the molecule is CCc1ccc(C(Cl)c2ccccc2SC)s1. The van der Waals surface area contributed by atoms with Gasteiger partial charge >= 0.3 is 0 Å². The highest BCUT2D eigenvalue weighted by Gasteiger charge is 2.15. The first kappa shape index (κ1) is 13.0. The van der Waals surface area contributed by atoms with Crippen molar-refractivity contribution >= 4 is 34.7 Å². The van der Waals surface area contributed by atoms with Crippen LogP contribution in [0.25, 0.3) is 0 Å². The molecule has 1 aromatic carbocycles. The molecule has 2 aromatic rings. The van der Waals surface area contributed by atoms with E-state index < -0.39 is 0 Å². The molecule has 0 saturated heterocycles. The minimum atomic E-state index is -0.0241. The normalized spacial score (nSPS) is 12.6. The molecule has 1 heterocycles. The summed E-state index contributed by atoms with van der Waals surface area (Å²) in [5.41, 5.74) is 1.21. The smallest absolute Gasteiger partial charge is 0.0938 e. The van der Waals surface area contributed by atoms with Gasteiger partial charge in [0.1, 0.15) is 0 Å². The molecule has 0 N–H and O–H groups in total. The van der Waals surface area contributed by atoms with E-state index in [-0.39, 0.29) is 5.38 Å². The van der Waals surface area contributed by atoms with Gasteiger partial charge in [-0.25, -0.2) is 0 Å². The lowest BCUT2D eigenvalue weighted by atomic mass is 10.1. The summed E-state index contributed by atoms with van der Waals surface area (Å²) in [5.74, 6) is 0. The van der Waals surface area contributed by atoms with Gasteiger partial charge in [0.05, 0.1) is 5.38 Å². The molecule has 0 nitrogen and oxygen atoms in total. The molecule has 0 bridgehead atoms. The van der Waals surface area contributed by atoms with Crippen molar-refractivity contribution in [1.82, 2.24) is 0 Å². The first-order valence-corrected chi connectivity index (χ1v) is 8.09. The molecule has 0 saturated carbocycles. The third-order valence-corrected chi connectivity index (χ3v) is 5.40. The van der Waals surface area contributed by atoms with Crippen LogP contribution in [0.15, 0.2) is 41.3 Å². The first-order chi connectivity index (χ1) is 8.26. The van der Waals surface area contributed by atoms with E-state index in [9.17, 15) is 0 Å². The summed E-state index contributed by atoms with van der Waals surface area (Å²) in [4.78, 5) is 3.90. The van der Waals surface area contributed by atoms with Crippen molar-refractivity contribution in [3.63, 3.8) is 0 Å². The van der Waals surface area contributed by atoms with E-state index in [2.05, 4.69) is 49.6 Å². The second-order valence-electron chi connectivity index (χ2n) is 3.76. The van der Waals surface area contributed by atoms with E-state index in [1.165, 1.54) is 20.2 Å². The molecule has 0 aliphatic rings. The van der Waals surface area contributed by atoms with Gasteiger partial charge in [-0.3, -0.25) is 0 Å². The van der Waals surface area contributed by atoms with Crippen molar-refractivity contribution in [2.75, 3.05) is 6.26 Å². The number of benzene rings is 1. The number of rotatable bonds is 4. The average molecular weight is 283 g/mol. The Morgan fingerprint density at radius 1 is 1.24 bits per heavy atom. The maximum Gasteiger partial charge on any atom is 0.0938 e. The first-order valence-electron chi connectivity index (χ1n) is 5.61. The quantitative estimate of drug-likeness (QED) is 0.537. The maximum atomic E-state index is 6.58. The van der Waals surface area contributed by atoms with Gasteiger partial charge in [0, 0.05) is 14.6 Å². The summed E-state index contributed by atoms with van der Waals surface area (Å²) in [7, 11) is 0. The Hall–Kier alpha value is -0.440. The van der Waals surface area contributed by atoms with E-state index in [0.29, 0.717) is 0 Å². The van der Waals surface area contributed by atoms with Crippen molar-refractivity contribution in [2.45, 2.75) is 23.6 Å². The van der Waals surface area contributed by atoms with E-state index >= 15 is 0 Å². The molecule has 1 atom stereocenters. The second kappa shape index (κ2) is 5.94. The van der Waals surface area contributed by atoms with Crippen molar-refractivity contribution in [3.05, 3.63) is 51.7 Å². The zero-order valence-corrected chi connectivity index (χ0v) is 12.3. The Kier molecular flexibility index (Phi) is 4.55. The van der Waals surface area contributed by atoms with Gasteiger partial charge in [0.15, 0.2) is 0 Å². The number of hydrogen-bond acceptors (Lipinski definition) is 2. The zero-order chi connectivity index (χ0) is 12.3. The Labute approximate surface area is 116 Å². The van der Waals surface area contributed by atoms with Crippen molar-refractivity contribution in [1.29, 1.82) is 0 Å². The van der Waals surface area contributed by atoms with E-state index in [0.717, 1.165) is 6.42 Å². The molecule has 90 valence electrons. The van der Waals surface area contributed by atoms with Crippen LogP contribution in [-0.2, 0) is 6.42 Å². The lowest BCUT2D eigenvalue weighted by Crippen LogP contribution is -1.92. The lowest BCUT2D eigenvalue weighted by molar-refractivity contribution is 1.12. The minimum Gasteiger partial charge on any atom is -0.143 e. The van der Waals surface area contributed by atoms with Crippen molar-refractivity contribution < 1.29 is 0 Å². The largest absolute Gasteiger partial charge is 0.143 e. The minimum absolute atomic E-state index is 0.0241. The molecular formula is C14H15ClS2. The van der Waals surface area contributed by atoms with Gasteiger partial charge in [-0.05, 0) is 36.4 Å². The van der Waals surface area contributed by atoms with Gasteiger partial charge in [0.2, 0.25) is 0 Å². The number of halogens is 1. The third-order valence-electron chi connectivity index (χ3n) is 2.69. The average Bonchev–Trinajstić information content (AvgIpc) is 2.86. The van der Waals surface area contributed by atoms with Crippen LogP contribution in [-0.4, -0.2) is 6.26 Å². The number of aryl methyl sites for hydroxylation is 1. The topological polar surface area (TPSA) is 0 Å². The Balaban J connectivity index is 2.32. The van der Waals surface area contributed by atoms with Crippen LogP contribution in [0.2, 0.25) is 0 Å². The maximum absolute atomic E-state index is 6.58. The van der Waals surface area contributed by atoms with Gasteiger partial charge in [-0.1, -0.05) is 25.1 Å². The standard InChI is InChI=1S/C14H15ClS2/c1-3-10-8-9-13(17-10)14(15)11-6-4-5-7-12(11)16-2/h4-9,14H,3H2,1-2H3. The zero-order valence-electron chi connectivity index (χ0n) is 9.94. The predicted molar refractivity (Wildman–Crippen MR) is 79.6 cm³/mol. The number of alkyl halides is 1. The highest BCUT2D eigenvalue weighted by molar-refractivity contribution is 7.98. The Morgan fingerprint density at radius 3 is 2.65 bits per heavy atom. The Morgan fingerprint density at radius 2 is 2.00 bits per heavy atom. The van der Waals surface area contributed by atoms with Crippen LogP contribution >= 0.6 is 34.7 Å². The number of thioether (sulfide) groups is 1. The van der Waals surface area contributed by atoms with Crippen molar-refractivity contribution in [3.8, 4) is 0 Å². The van der Waals surface area contributed by atoms with Gasteiger partial charge in [-0.15, -0.1) is 34.7 Å². The molecule has 0 fully saturated rings. The fourth-order valence-corrected chi connectivity index (χ4v) is 3.80. The van der Waals surface area contributed by atoms with Gasteiger partial charge < -0.3 is 0 Å². The highest BCUT2D eigenvalue weighted by atomic mass is 35.5. The monoisotopic (exact) mass is 282 g/mol. The summed E-state index contributed by atoms with van der Waals surface area (Å²) < 4.78 is 0. The van der Waals surface area contributed by atoms with Gasteiger partial charge in [0.25, 0.3) is 0 Å². The molecule has 0 spiro atoms.